The van der Waals surface area contributed by atoms with E-state index < -0.39 is 17.5 Å². The molecule has 0 aromatic heterocycles. The van der Waals surface area contributed by atoms with Gasteiger partial charge in [-0.05, 0) is 49.3 Å². The highest BCUT2D eigenvalue weighted by atomic mass is 19.2. The quantitative estimate of drug-likeness (QED) is 0.736. The molecule has 2 rings (SSSR count). The molecule has 0 heterocycles. The first-order valence-electron chi connectivity index (χ1n) is 6.58. The van der Waals surface area contributed by atoms with Crippen LogP contribution in [0.2, 0.25) is 0 Å². The van der Waals surface area contributed by atoms with Crippen molar-refractivity contribution in [1.82, 2.24) is 0 Å². The van der Waals surface area contributed by atoms with Crippen molar-refractivity contribution in [2.75, 3.05) is 0 Å². The first-order valence-corrected chi connectivity index (χ1v) is 6.58. The molecule has 1 aliphatic carbocycles. The van der Waals surface area contributed by atoms with E-state index in [2.05, 4.69) is 13.8 Å². The average molecular weight is 272 g/mol. The summed E-state index contributed by atoms with van der Waals surface area (Å²) in [6, 6.07) is 1.97. The predicted molar refractivity (Wildman–Crippen MR) is 67.1 cm³/mol. The molecule has 106 valence electrons. The van der Waals surface area contributed by atoms with Gasteiger partial charge >= 0.3 is 0 Å². The highest BCUT2D eigenvalue weighted by Gasteiger charge is 2.42. The summed E-state index contributed by atoms with van der Waals surface area (Å²) < 4.78 is 44.6. The van der Waals surface area contributed by atoms with Gasteiger partial charge in [0.1, 0.15) is 0 Å². The molecule has 19 heavy (non-hydrogen) atoms. The zero-order chi connectivity index (χ0) is 14.2. The number of benzene rings is 1. The molecule has 0 amide bonds. The smallest absolute Gasteiger partial charge is 0.194 e. The fraction of sp³-hybridized carbons (Fsp3) is 0.600. The van der Waals surface area contributed by atoms with Crippen LogP contribution in [0.3, 0.4) is 0 Å². The number of halogens is 3. The van der Waals surface area contributed by atoms with Gasteiger partial charge in [0.2, 0.25) is 0 Å². The Morgan fingerprint density at radius 3 is 2.21 bits per heavy atom. The highest BCUT2D eigenvalue weighted by molar-refractivity contribution is 5.18. The topological polar surface area (TPSA) is 9.23 Å². The van der Waals surface area contributed by atoms with Gasteiger partial charge in [-0.25, -0.2) is 13.2 Å². The van der Waals surface area contributed by atoms with Gasteiger partial charge in [0, 0.05) is 0 Å². The van der Waals surface area contributed by atoms with Gasteiger partial charge in [0.05, 0.1) is 12.2 Å². The van der Waals surface area contributed by atoms with E-state index in [4.69, 9.17) is 4.74 Å². The van der Waals surface area contributed by atoms with E-state index in [0.29, 0.717) is 17.4 Å². The maximum absolute atomic E-state index is 13.1. The molecule has 0 N–H and O–H groups in total. The Labute approximate surface area is 111 Å². The predicted octanol–water partition coefficient (Wildman–Crippen LogP) is 4.45. The molecular weight excluding hydrogens is 253 g/mol. The van der Waals surface area contributed by atoms with E-state index in [1.807, 2.05) is 6.92 Å². The SMILES string of the molecule is CC(C)C1CC(C)(OCc2cc(F)c(F)c(F)c2)C1. The summed E-state index contributed by atoms with van der Waals surface area (Å²) in [4.78, 5) is 0. The van der Waals surface area contributed by atoms with Gasteiger partial charge in [-0.3, -0.25) is 0 Å². The van der Waals surface area contributed by atoms with Crippen molar-refractivity contribution in [3.8, 4) is 0 Å². The first-order chi connectivity index (χ1) is 8.81. The Morgan fingerprint density at radius 2 is 1.74 bits per heavy atom. The number of rotatable bonds is 4. The molecule has 1 saturated carbocycles. The van der Waals surface area contributed by atoms with Gasteiger partial charge in [0.15, 0.2) is 17.5 Å². The summed E-state index contributed by atoms with van der Waals surface area (Å²) in [7, 11) is 0. The second-order valence-corrected chi connectivity index (χ2v) is 6.02. The normalized spacial score (nSPS) is 26.6. The number of hydrogen-bond donors (Lipinski definition) is 0. The third kappa shape index (κ3) is 3.11. The molecule has 0 atom stereocenters. The second-order valence-electron chi connectivity index (χ2n) is 6.02. The zero-order valence-electron chi connectivity index (χ0n) is 11.5. The van der Waals surface area contributed by atoms with Crippen LogP contribution in [0.25, 0.3) is 0 Å². The molecule has 0 saturated heterocycles. The molecule has 4 heteroatoms. The van der Waals surface area contributed by atoms with Crippen molar-refractivity contribution >= 4 is 0 Å². The second kappa shape index (κ2) is 5.16. The lowest BCUT2D eigenvalue weighted by Gasteiger charge is -2.47. The Balaban J connectivity index is 1.93. The Hall–Kier alpha value is -1.03. The number of hydrogen-bond acceptors (Lipinski definition) is 1. The van der Waals surface area contributed by atoms with Crippen LogP contribution in [0.1, 0.15) is 39.2 Å². The van der Waals surface area contributed by atoms with Crippen molar-refractivity contribution in [3.63, 3.8) is 0 Å². The van der Waals surface area contributed by atoms with Gasteiger partial charge in [-0.2, -0.15) is 0 Å². The van der Waals surface area contributed by atoms with Crippen molar-refractivity contribution in [2.45, 2.75) is 45.8 Å². The monoisotopic (exact) mass is 272 g/mol. The molecule has 1 aromatic carbocycles. The van der Waals surface area contributed by atoms with Crippen LogP contribution in [0.5, 0.6) is 0 Å². The molecule has 1 nitrogen and oxygen atoms in total. The maximum atomic E-state index is 13.1. The summed E-state index contributed by atoms with van der Waals surface area (Å²) in [6.45, 7) is 6.46. The Bertz CT molecular complexity index is 441. The highest BCUT2D eigenvalue weighted by Crippen LogP contribution is 2.44. The van der Waals surface area contributed by atoms with Crippen LogP contribution < -0.4 is 0 Å². The van der Waals surface area contributed by atoms with Crippen LogP contribution in [-0.4, -0.2) is 5.60 Å². The van der Waals surface area contributed by atoms with E-state index >= 15 is 0 Å². The van der Waals surface area contributed by atoms with Crippen molar-refractivity contribution < 1.29 is 17.9 Å². The molecule has 1 aliphatic rings. The van der Waals surface area contributed by atoms with E-state index in [0.717, 1.165) is 25.0 Å². The van der Waals surface area contributed by atoms with Crippen LogP contribution in [0.15, 0.2) is 12.1 Å². The average Bonchev–Trinajstić information content (AvgIpc) is 2.29. The van der Waals surface area contributed by atoms with Crippen LogP contribution >= 0.6 is 0 Å². The van der Waals surface area contributed by atoms with Crippen LogP contribution in [0.4, 0.5) is 13.2 Å². The van der Waals surface area contributed by atoms with Crippen LogP contribution in [0, 0.1) is 29.3 Å². The molecule has 1 fully saturated rings. The van der Waals surface area contributed by atoms with Crippen molar-refractivity contribution in [3.05, 3.63) is 35.1 Å². The van der Waals surface area contributed by atoms with Crippen molar-refractivity contribution in [1.29, 1.82) is 0 Å². The lowest BCUT2D eigenvalue weighted by Crippen LogP contribution is -2.45. The standard InChI is InChI=1S/C15H19F3O/c1-9(2)11-6-15(3,7-11)19-8-10-4-12(16)14(18)13(17)5-10/h4-5,9,11H,6-8H2,1-3H3. The molecule has 1 aromatic rings. The first kappa shape index (κ1) is 14.4. The van der Waals surface area contributed by atoms with Crippen LogP contribution in [-0.2, 0) is 11.3 Å². The Morgan fingerprint density at radius 1 is 1.21 bits per heavy atom. The minimum absolute atomic E-state index is 0.107. The van der Waals surface area contributed by atoms with E-state index in [-0.39, 0.29) is 12.2 Å². The van der Waals surface area contributed by atoms with Gasteiger partial charge in [0.25, 0.3) is 0 Å². The van der Waals surface area contributed by atoms with E-state index in [1.165, 1.54) is 0 Å². The minimum atomic E-state index is -1.43. The fourth-order valence-electron chi connectivity index (χ4n) is 2.59. The number of ether oxygens (including phenoxy) is 1. The lowest BCUT2D eigenvalue weighted by atomic mass is 9.67. The molecule has 0 spiro atoms. The fourth-order valence-corrected chi connectivity index (χ4v) is 2.59. The van der Waals surface area contributed by atoms with Gasteiger partial charge in [-0.1, -0.05) is 13.8 Å². The van der Waals surface area contributed by atoms with E-state index in [9.17, 15) is 13.2 Å². The molecular formula is C15H19F3O. The van der Waals surface area contributed by atoms with Crippen molar-refractivity contribution in [2.24, 2.45) is 11.8 Å². The summed E-state index contributed by atoms with van der Waals surface area (Å²) in [5.41, 5.74) is 0.0987. The minimum Gasteiger partial charge on any atom is -0.371 e. The third-order valence-electron chi connectivity index (χ3n) is 3.96. The van der Waals surface area contributed by atoms with Gasteiger partial charge in [-0.15, -0.1) is 0 Å². The molecule has 0 aliphatic heterocycles. The summed E-state index contributed by atoms with van der Waals surface area (Å²) >= 11 is 0. The lowest BCUT2D eigenvalue weighted by molar-refractivity contribution is -0.133. The summed E-state index contributed by atoms with van der Waals surface area (Å²) in [5.74, 6) is -2.50. The largest absolute Gasteiger partial charge is 0.371 e. The summed E-state index contributed by atoms with van der Waals surface area (Å²) in [5, 5.41) is 0. The maximum Gasteiger partial charge on any atom is 0.194 e. The molecule has 0 radical (unpaired) electrons. The van der Waals surface area contributed by atoms with E-state index in [1.54, 1.807) is 0 Å². The summed E-state index contributed by atoms with van der Waals surface area (Å²) in [6.07, 6.45) is 1.91. The zero-order valence-corrected chi connectivity index (χ0v) is 11.5. The third-order valence-corrected chi connectivity index (χ3v) is 3.96. The van der Waals surface area contributed by atoms with Gasteiger partial charge < -0.3 is 4.74 Å². The molecule has 0 bridgehead atoms. The molecule has 0 unspecified atom stereocenters. The Kier molecular flexibility index (Phi) is 3.90.